The van der Waals surface area contributed by atoms with Crippen molar-refractivity contribution in [3.8, 4) is 0 Å². The van der Waals surface area contributed by atoms with Crippen LogP contribution in [0.2, 0.25) is 0 Å². The highest BCUT2D eigenvalue weighted by Crippen LogP contribution is 2.46. The van der Waals surface area contributed by atoms with Crippen LogP contribution >= 0.6 is 34.9 Å². The third kappa shape index (κ3) is 8.80. The minimum absolute atomic E-state index is 0.0300. The van der Waals surface area contributed by atoms with Gasteiger partial charge in [0.15, 0.2) is 4.34 Å². The largest absolute Gasteiger partial charge is 0.477 e. The first kappa shape index (κ1) is 42.0. The van der Waals surface area contributed by atoms with Crippen molar-refractivity contribution in [1.82, 2.24) is 40.8 Å². The Morgan fingerprint density at radius 1 is 1.10 bits per heavy atom. The van der Waals surface area contributed by atoms with Gasteiger partial charge in [0.05, 0.1) is 4.92 Å². The number of carboxylic acids is 1. The van der Waals surface area contributed by atoms with Gasteiger partial charge in [0.1, 0.15) is 29.2 Å². The van der Waals surface area contributed by atoms with Gasteiger partial charge in [0.25, 0.3) is 11.6 Å². The quantitative estimate of drug-likeness (QED) is 0.0273. The Balaban J connectivity index is 1.22. The van der Waals surface area contributed by atoms with E-state index in [0.717, 1.165) is 16.7 Å². The number of nitro benzene ring substituents is 1. The van der Waals surface area contributed by atoms with E-state index >= 15 is 0 Å². The summed E-state index contributed by atoms with van der Waals surface area (Å²) in [6.07, 6.45) is -0.738. The third-order valence-electron chi connectivity index (χ3n) is 9.14. The number of aliphatic carboxylic acids is 1. The number of anilines is 1. The van der Waals surface area contributed by atoms with Gasteiger partial charge < -0.3 is 30.7 Å². The SMILES string of the molecule is CCN1CCN(C(=O)NC(C(=O)N[C@]2(NC=O)C(=O)N3C(C(=O)O)=C(CSc4nncs4)CS[C@H]32)c2ccc(NC(=O)OCc3ccc([N+](=O)[O-])cc3)cc2)C(=O)C1=O. The van der Waals surface area contributed by atoms with Gasteiger partial charge >= 0.3 is 29.9 Å². The number of hydrogen-bond acceptors (Lipinski definition) is 16. The molecule has 0 radical (unpaired) electrons. The molecule has 0 spiro atoms. The van der Waals surface area contributed by atoms with E-state index in [2.05, 4.69) is 31.5 Å². The Kier molecular flexibility index (Phi) is 12.7. The number of nitro groups is 1. The number of rotatable bonds is 15. The minimum atomic E-state index is -2.18. The molecule has 6 rings (SSSR count). The molecule has 0 saturated carbocycles. The second-order valence-corrected chi connectivity index (χ2v) is 15.7. The van der Waals surface area contributed by atoms with Crippen molar-refractivity contribution < 1.29 is 53.1 Å². The summed E-state index contributed by atoms with van der Waals surface area (Å²) in [6, 6.07) is 7.88. The van der Waals surface area contributed by atoms with Crippen molar-refractivity contribution in [2.24, 2.45) is 0 Å². The molecule has 1 unspecified atom stereocenters. The fraction of sp³-hybridized carbons (Fsp3) is 0.294. The first-order chi connectivity index (χ1) is 28.3. The van der Waals surface area contributed by atoms with Gasteiger partial charge in [-0.05, 0) is 47.9 Å². The second-order valence-electron chi connectivity index (χ2n) is 12.6. The van der Waals surface area contributed by atoms with Crippen LogP contribution < -0.4 is 21.3 Å². The van der Waals surface area contributed by atoms with E-state index < -0.39 is 63.7 Å². The summed E-state index contributed by atoms with van der Waals surface area (Å²) in [6.45, 7) is 1.49. The van der Waals surface area contributed by atoms with Crippen molar-refractivity contribution in [3.63, 3.8) is 0 Å². The number of nitrogens with zero attached hydrogens (tertiary/aromatic N) is 6. The molecule has 2 fully saturated rings. The zero-order chi connectivity index (χ0) is 42.4. The topological polar surface area (TPSA) is 293 Å². The number of carboxylic acid groups (broad SMARTS) is 1. The molecule has 0 aliphatic carbocycles. The number of imide groups is 1. The number of benzene rings is 2. The Hall–Kier alpha value is -6.60. The normalized spacial score (nSPS) is 19.2. The van der Waals surface area contributed by atoms with Gasteiger partial charge in [0.2, 0.25) is 18.0 Å². The number of fused-ring (bicyclic) bond motifs is 1. The van der Waals surface area contributed by atoms with E-state index in [1.54, 1.807) is 6.92 Å². The van der Waals surface area contributed by atoms with E-state index in [1.165, 1.54) is 82.0 Å². The van der Waals surface area contributed by atoms with E-state index in [0.29, 0.717) is 20.4 Å². The minimum Gasteiger partial charge on any atom is -0.477 e. The average molecular weight is 869 g/mol. The Morgan fingerprint density at radius 2 is 1.83 bits per heavy atom. The van der Waals surface area contributed by atoms with Crippen LogP contribution in [0.1, 0.15) is 24.1 Å². The fourth-order valence-electron chi connectivity index (χ4n) is 6.20. The van der Waals surface area contributed by atoms with E-state index in [4.69, 9.17) is 4.74 Å². The van der Waals surface area contributed by atoms with E-state index in [9.17, 15) is 53.6 Å². The molecular weight excluding hydrogens is 837 g/mol. The lowest BCUT2D eigenvalue weighted by Gasteiger charge is -2.56. The molecule has 3 aromatic rings. The maximum Gasteiger partial charge on any atom is 0.411 e. The molecule has 8 amide bonds. The highest BCUT2D eigenvalue weighted by atomic mass is 32.2. The molecule has 1 aromatic heterocycles. The number of nitrogens with one attached hydrogen (secondary N) is 4. The summed E-state index contributed by atoms with van der Waals surface area (Å²) in [5, 5.41) is 37.3. The summed E-state index contributed by atoms with van der Waals surface area (Å²) in [5.74, 6) is -5.31. The van der Waals surface area contributed by atoms with Gasteiger partial charge in [-0.25, -0.2) is 14.4 Å². The number of non-ortho nitro benzene ring substituents is 1. The summed E-state index contributed by atoms with van der Waals surface area (Å²) < 4.78 is 5.76. The molecule has 308 valence electrons. The zero-order valence-corrected chi connectivity index (χ0v) is 33.0. The van der Waals surface area contributed by atoms with Gasteiger partial charge in [-0.15, -0.1) is 22.0 Å². The van der Waals surface area contributed by atoms with Gasteiger partial charge in [0, 0.05) is 49.0 Å². The predicted octanol–water partition coefficient (Wildman–Crippen LogP) is 1.24. The smallest absolute Gasteiger partial charge is 0.411 e. The standard InChI is InChI=1S/C34H32N10O12S3/c1-2-41-11-12-42(27(48)26(41)47)31(52)38-23(19-5-7-21(8-6-19)37-32(53)56-13-18-3-9-22(10-4-18)44(54)55)25(46)39-34(35-16-45)29(51)43-24(28(49)50)20(14-57-30(34)43)15-58-33-40-36-17-59-33/h3-10,16-17,23,30H,2,11-15H2,1H3,(H,35,45)(H,37,53)(H,38,52)(H,39,46)(H,49,50)/t23?,30-,34+/m0/s1. The van der Waals surface area contributed by atoms with Crippen molar-refractivity contribution >= 4 is 94.4 Å². The molecular formula is C34H32N10O12S3. The Morgan fingerprint density at radius 3 is 2.46 bits per heavy atom. The lowest BCUT2D eigenvalue weighted by molar-refractivity contribution is -0.384. The van der Waals surface area contributed by atoms with Crippen LogP contribution in [0, 0.1) is 10.1 Å². The van der Waals surface area contributed by atoms with Crippen molar-refractivity contribution in [2.45, 2.75) is 34.9 Å². The molecule has 3 aliphatic rings. The van der Waals surface area contributed by atoms with Crippen LogP contribution in [-0.2, 0) is 40.1 Å². The Bertz CT molecular complexity index is 2230. The predicted molar refractivity (Wildman–Crippen MR) is 207 cm³/mol. The molecule has 5 N–H and O–H groups in total. The van der Waals surface area contributed by atoms with Crippen LogP contribution in [0.15, 0.2) is 69.7 Å². The molecule has 59 heavy (non-hydrogen) atoms. The number of urea groups is 1. The molecule has 25 heteroatoms. The summed E-state index contributed by atoms with van der Waals surface area (Å²) in [4.78, 5) is 117. The third-order valence-corrected chi connectivity index (χ3v) is 12.5. The maximum atomic E-state index is 14.3. The molecule has 2 aromatic carbocycles. The van der Waals surface area contributed by atoms with Crippen LogP contribution in [-0.4, -0.2) is 125 Å². The first-order valence-corrected chi connectivity index (χ1v) is 20.2. The molecule has 4 heterocycles. The van der Waals surface area contributed by atoms with Crippen LogP contribution in [0.4, 0.5) is 21.0 Å². The second kappa shape index (κ2) is 17.9. The van der Waals surface area contributed by atoms with Crippen LogP contribution in [0.5, 0.6) is 0 Å². The number of amides is 8. The number of thioether (sulfide) groups is 2. The number of hydrogen-bond donors (Lipinski definition) is 5. The Labute approximate surface area is 345 Å². The van der Waals surface area contributed by atoms with Gasteiger partial charge in [-0.1, -0.05) is 35.2 Å². The molecule has 22 nitrogen and oxygen atoms in total. The average Bonchev–Trinajstić information content (AvgIpc) is 3.75. The zero-order valence-electron chi connectivity index (χ0n) is 30.5. The molecule has 3 aliphatic heterocycles. The number of carbonyl (C=O) groups is 8. The fourth-order valence-corrected chi connectivity index (χ4v) is 9.25. The van der Waals surface area contributed by atoms with Crippen molar-refractivity contribution in [3.05, 3.63) is 86.6 Å². The van der Waals surface area contributed by atoms with Gasteiger partial charge in [-0.3, -0.25) is 49.2 Å². The lowest BCUT2D eigenvalue weighted by Crippen LogP contribution is -2.85. The maximum absolute atomic E-state index is 14.3. The summed E-state index contributed by atoms with van der Waals surface area (Å²) in [7, 11) is 0. The van der Waals surface area contributed by atoms with Crippen molar-refractivity contribution in [2.75, 3.05) is 36.5 Å². The van der Waals surface area contributed by atoms with E-state index in [-0.39, 0.29) is 66.8 Å². The number of carbonyl (C=O) groups excluding carboxylic acids is 7. The monoisotopic (exact) mass is 868 g/mol. The first-order valence-electron chi connectivity index (χ1n) is 17.3. The van der Waals surface area contributed by atoms with Crippen LogP contribution in [0.3, 0.4) is 0 Å². The summed E-state index contributed by atoms with van der Waals surface area (Å²) in [5.41, 5.74) is -0.0654. The number of β-lactam (4-membered cyclic amide) rings is 1. The number of ether oxygens (including phenoxy) is 1. The number of aromatic nitrogens is 2. The number of likely N-dealkylation sites (N-methyl/N-ethyl adjacent to an activating group) is 1. The molecule has 0 bridgehead atoms. The highest BCUT2D eigenvalue weighted by molar-refractivity contribution is 8.01. The molecule has 3 atom stereocenters. The summed E-state index contributed by atoms with van der Waals surface area (Å²) >= 11 is 3.54. The molecule has 2 saturated heterocycles. The van der Waals surface area contributed by atoms with Crippen LogP contribution in [0.25, 0.3) is 0 Å². The number of piperazine rings is 1. The highest BCUT2D eigenvalue weighted by Gasteiger charge is 2.66. The van der Waals surface area contributed by atoms with E-state index in [1.807, 2.05) is 0 Å². The van der Waals surface area contributed by atoms with Crippen molar-refractivity contribution in [1.29, 1.82) is 0 Å². The lowest BCUT2D eigenvalue weighted by atomic mass is 9.94. The van der Waals surface area contributed by atoms with Gasteiger partial charge in [-0.2, -0.15) is 0 Å².